The summed E-state index contributed by atoms with van der Waals surface area (Å²) < 4.78 is 5.71. The molecule has 0 aromatic rings. The number of hydrogen-bond acceptors (Lipinski definition) is 3. The van der Waals surface area contributed by atoms with Gasteiger partial charge >= 0.3 is 0 Å². The molecule has 0 bridgehead atoms. The molecule has 1 N–H and O–H groups in total. The minimum absolute atomic E-state index is 0.0927. The molecule has 4 heteroatoms. The highest BCUT2D eigenvalue weighted by atomic mass is 16.5. The molecule has 0 aromatic carbocycles. The average Bonchev–Trinajstić information content (AvgIpc) is 2.34. The number of amides is 1. The molecule has 0 radical (unpaired) electrons. The molecule has 1 fully saturated rings. The molecule has 16 heavy (non-hydrogen) atoms. The van der Waals surface area contributed by atoms with Crippen molar-refractivity contribution in [1.82, 2.24) is 10.2 Å². The molecule has 2 atom stereocenters. The number of likely N-dealkylation sites (N-methyl/N-ethyl adjacent to an activating group) is 1. The lowest BCUT2D eigenvalue weighted by Crippen LogP contribution is -2.49. The van der Waals surface area contributed by atoms with Gasteiger partial charge in [-0.3, -0.25) is 4.79 Å². The van der Waals surface area contributed by atoms with Crippen molar-refractivity contribution < 1.29 is 9.53 Å². The topological polar surface area (TPSA) is 41.6 Å². The Morgan fingerprint density at radius 1 is 1.62 bits per heavy atom. The number of likely N-dealkylation sites (tertiary alicyclic amines) is 1. The molecule has 1 amide bonds. The second-order valence-corrected chi connectivity index (χ2v) is 4.43. The fourth-order valence-electron chi connectivity index (χ4n) is 1.96. The summed E-state index contributed by atoms with van der Waals surface area (Å²) in [6.07, 6.45) is 3.41. The predicted octanol–water partition coefficient (Wildman–Crippen LogP) is 1.01. The molecule has 1 saturated heterocycles. The van der Waals surface area contributed by atoms with Gasteiger partial charge in [-0.2, -0.15) is 0 Å². The Labute approximate surface area is 98.3 Å². The maximum Gasteiger partial charge on any atom is 0.239 e. The van der Waals surface area contributed by atoms with Crippen LogP contribution in [-0.2, 0) is 9.53 Å². The highest BCUT2D eigenvalue weighted by molar-refractivity contribution is 5.81. The summed E-state index contributed by atoms with van der Waals surface area (Å²) in [5, 5.41) is 2.99. The van der Waals surface area contributed by atoms with E-state index in [0.717, 1.165) is 39.0 Å². The molecule has 4 nitrogen and oxygen atoms in total. The van der Waals surface area contributed by atoms with Crippen LogP contribution in [0.5, 0.6) is 0 Å². The van der Waals surface area contributed by atoms with Crippen LogP contribution in [0.3, 0.4) is 0 Å². The number of hydrogen-bond donors (Lipinski definition) is 1. The van der Waals surface area contributed by atoms with Crippen LogP contribution in [0.4, 0.5) is 0 Å². The normalized spacial score (nSPS) is 23.2. The lowest BCUT2D eigenvalue weighted by Gasteiger charge is -2.34. The minimum atomic E-state index is -0.0927. The molecule has 1 aliphatic rings. The van der Waals surface area contributed by atoms with E-state index in [9.17, 15) is 4.79 Å². The third-order valence-electron chi connectivity index (χ3n) is 3.05. The van der Waals surface area contributed by atoms with Crippen molar-refractivity contribution in [2.45, 2.75) is 45.3 Å². The van der Waals surface area contributed by atoms with E-state index in [0.29, 0.717) is 0 Å². The zero-order valence-electron chi connectivity index (χ0n) is 10.7. The highest BCUT2D eigenvalue weighted by Crippen LogP contribution is 2.14. The van der Waals surface area contributed by atoms with Gasteiger partial charge in [0.25, 0.3) is 0 Å². The lowest BCUT2D eigenvalue weighted by molar-refractivity contribution is -0.137. The number of ether oxygens (including phenoxy) is 1. The fourth-order valence-corrected chi connectivity index (χ4v) is 1.96. The highest BCUT2D eigenvalue weighted by Gasteiger charge is 2.26. The molecule has 0 saturated carbocycles. The van der Waals surface area contributed by atoms with Crippen LogP contribution in [0.15, 0.2) is 0 Å². The van der Waals surface area contributed by atoms with E-state index < -0.39 is 0 Å². The molecule has 0 aliphatic carbocycles. The van der Waals surface area contributed by atoms with E-state index >= 15 is 0 Å². The third-order valence-corrected chi connectivity index (χ3v) is 3.05. The Morgan fingerprint density at radius 2 is 2.38 bits per heavy atom. The Hall–Kier alpha value is -0.610. The van der Waals surface area contributed by atoms with Gasteiger partial charge in [-0.1, -0.05) is 6.92 Å². The van der Waals surface area contributed by atoms with Gasteiger partial charge in [-0.25, -0.2) is 0 Å². The quantitative estimate of drug-likeness (QED) is 0.763. The average molecular weight is 228 g/mol. The van der Waals surface area contributed by atoms with Crippen molar-refractivity contribution in [1.29, 1.82) is 0 Å². The molecular formula is C12H24N2O2. The molecule has 0 aromatic heterocycles. The summed E-state index contributed by atoms with van der Waals surface area (Å²) in [6.45, 7) is 6.43. The summed E-state index contributed by atoms with van der Waals surface area (Å²) in [6, 6.07) is -0.0927. The number of rotatable bonds is 5. The van der Waals surface area contributed by atoms with Crippen molar-refractivity contribution in [3.05, 3.63) is 0 Å². The predicted molar refractivity (Wildman–Crippen MR) is 64.4 cm³/mol. The first-order valence-electron chi connectivity index (χ1n) is 6.26. The Morgan fingerprint density at radius 3 is 3.00 bits per heavy atom. The molecule has 1 heterocycles. The van der Waals surface area contributed by atoms with E-state index in [1.807, 2.05) is 18.9 Å². The first-order valence-corrected chi connectivity index (χ1v) is 6.26. The van der Waals surface area contributed by atoms with Crippen LogP contribution < -0.4 is 5.32 Å². The van der Waals surface area contributed by atoms with Gasteiger partial charge in [0.05, 0.1) is 12.1 Å². The fraction of sp³-hybridized carbons (Fsp3) is 0.917. The van der Waals surface area contributed by atoms with E-state index in [4.69, 9.17) is 4.74 Å². The number of nitrogens with one attached hydrogen (secondary N) is 1. The third kappa shape index (κ3) is 3.76. The van der Waals surface area contributed by atoms with Gasteiger partial charge in [0.2, 0.25) is 5.91 Å². The smallest absolute Gasteiger partial charge is 0.239 e. The van der Waals surface area contributed by atoms with E-state index in [-0.39, 0.29) is 18.1 Å². The van der Waals surface area contributed by atoms with Crippen molar-refractivity contribution in [2.75, 3.05) is 26.7 Å². The van der Waals surface area contributed by atoms with Crippen molar-refractivity contribution in [3.8, 4) is 0 Å². The number of piperidine rings is 1. The largest absolute Gasteiger partial charge is 0.376 e. The van der Waals surface area contributed by atoms with Gasteiger partial charge in [0.15, 0.2) is 0 Å². The van der Waals surface area contributed by atoms with Gasteiger partial charge in [-0.15, -0.1) is 0 Å². The summed E-state index contributed by atoms with van der Waals surface area (Å²) >= 11 is 0. The van der Waals surface area contributed by atoms with Gasteiger partial charge in [-0.05, 0) is 33.2 Å². The van der Waals surface area contributed by atoms with Gasteiger partial charge in [0, 0.05) is 19.7 Å². The first-order chi connectivity index (χ1) is 7.69. The zero-order valence-corrected chi connectivity index (χ0v) is 10.7. The van der Waals surface area contributed by atoms with E-state index in [2.05, 4.69) is 12.2 Å². The number of nitrogens with zero attached hydrogens (tertiary/aromatic N) is 1. The minimum Gasteiger partial charge on any atom is -0.376 e. The van der Waals surface area contributed by atoms with Crippen LogP contribution in [-0.4, -0.2) is 49.7 Å². The second-order valence-electron chi connectivity index (χ2n) is 4.43. The summed E-state index contributed by atoms with van der Waals surface area (Å²) in [5.41, 5.74) is 0. The standard InChI is InChI=1S/C12H24N2O2/c1-4-8-16-11-6-5-7-14(9-11)12(15)10(2)13-3/h10-11,13H,4-9H2,1-3H3. The van der Waals surface area contributed by atoms with Crippen LogP contribution in [0.1, 0.15) is 33.1 Å². The van der Waals surface area contributed by atoms with Crippen LogP contribution in [0.2, 0.25) is 0 Å². The Bertz CT molecular complexity index is 221. The SMILES string of the molecule is CCCOC1CCCN(C(=O)C(C)NC)C1. The monoisotopic (exact) mass is 228 g/mol. The van der Waals surface area contributed by atoms with Crippen LogP contribution >= 0.6 is 0 Å². The molecule has 1 rings (SSSR count). The molecule has 2 unspecified atom stereocenters. The van der Waals surface area contributed by atoms with Crippen LogP contribution in [0, 0.1) is 0 Å². The van der Waals surface area contributed by atoms with E-state index in [1.54, 1.807) is 0 Å². The summed E-state index contributed by atoms with van der Waals surface area (Å²) in [5.74, 6) is 0.187. The number of carbonyl (C=O) groups is 1. The maximum absolute atomic E-state index is 12.0. The first kappa shape index (κ1) is 13.5. The Kier molecular flexibility index (Phi) is 5.77. The van der Waals surface area contributed by atoms with Gasteiger partial charge < -0.3 is 15.0 Å². The maximum atomic E-state index is 12.0. The van der Waals surface area contributed by atoms with E-state index in [1.165, 1.54) is 0 Å². The molecule has 1 aliphatic heterocycles. The number of carbonyl (C=O) groups excluding carboxylic acids is 1. The summed E-state index contributed by atoms with van der Waals surface area (Å²) in [4.78, 5) is 13.9. The molecule has 0 spiro atoms. The molecular weight excluding hydrogens is 204 g/mol. The van der Waals surface area contributed by atoms with Crippen molar-refractivity contribution in [3.63, 3.8) is 0 Å². The summed E-state index contributed by atoms with van der Waals surface area (Å²) in [7, 11) is 1.82. The zero-order chi connectivity index (χ0) is 12.0. The van der Waals surface area contributed by atoms with Crippen LogP contribution in [0.25, 0.3) is 0 Å². The van der Waals surface area contributed by atoms with Gasteiger partial charge in [0.1, 0.15) is 0 Å². The lowest BCUT2D eigenvalue weighted by atomic mass is 10.1. The second kappa shape index (κ2) is 6.86. The van der Waals surface area contributed by atoms with Crippen molar-refractivity contribution >= 4 is 5.91 Å². The van der Waals surface area contributed by atoms with Crippen molar-refractivity contribution in [2.24, 2.45) is 0 Å². The Balaban J connectivity index is 2.40. The molecule has 94 valence electrons.